The van der Waals surface area contributed by atoms with E-state index in [-0.39, 0.29) is 0 Å². The van der Waals surface area contributed by atoms with Crippen LogP contribution >= 0.6 is 0 Å². The minimum Gasteiger partial charge on any atom is -0.497 e. The van der Waals surface area contributed by atoms with Crippen LogP contribution in [0.3, 0.4) is 0 Å². The average Bonchev–Trinajstić information content (AvgIpc) is 2.83. The Morgan fingerprint density at radius 2 is 1.95 bits per heavy atom. The molecule has 0 saturated carbocycles. The van der Waals surface area contributed by atoms with Crippen molar-refractivity contribution in [3.8, 4) is 17.1 Å². The quantitative estimate of drug-likeness (QED) is 0.860. The Balaban J connectivity index is 1.81. The summed E-state index contributed by atoms with van der Waals surface area (Å²) in [7, 11) is 1.65. The van der Waals surface area contributed by atoms with Crippen LogP contribution in [0.2, 0.25) is 0 Å². The Morgan fingerprint density at radius 1 is 1.15 bits per heavy atom. The van der Waals surface area contributed by atoms with Crippen molar-refractivity contribution in [1.82, 2.24) is 10.1 Å². The van der Waals surface area contributed by atoms with Gasteiger partial charge in [-0.1, -0.05) is 30.1 Å². The first-order valence-electron chi connectivity index (χ1n) is 7.10. The van der Waals surface area contributed by atoms with Crippen molar-refractivity contribution >= 4 is 6.01 Å². The largest absolute Gasteiger partial charge is 0.497 e. The van der Waals surface area contributed by atoms with E-state index in [2.05, 4.69) is 15.0 Å². The molecule has 0 aliphatic carbocycles. The van der Waals surface area contributed by atoms with E-state index in [1.54, 1.807) is 7.11 Å². The highest BCUT2D eigenvalue weighted by atomic mass is 16.5. The molecule has 0 amide bonds. The first-order chi connectivity index (χ1) is 9.86. The molecule has 0 atom stereocenters. The van der Waals surface area contributed by atoms with Crippen molar-refractivity contribution in [2.45, 2.75) is 25.7 Å². The zero-order chi connectivity index (χ0) is 13.8. The third-order valence-electron chi connectivity index (χ3n) is 3.62. The van der Waals surface area contributed by atoms with Gasteiger partial charge in [0, 0.05) is 18.7 Å². The van der Waals surface area contributed by atoms with Gasteiger partial charge in [-0.15, -0.1) is 0 Å². The molecule has 0 radical (unpaired) electrons. The molecule has 5 nitrogen and oxygen atoms in total. The van der Waals surface area contributed by atoms with Gasteiger partial charge in [0.25, 0.3) is 0 Å². The Morgan fingerprint density at radius 3 is 2.70 bits per heavy atom. The standard InChI is InChI=1S/C15H19N3O2/c1-19-13-8-6-7-12(11-13)14-16-15(20-17-14)18-9-4-2-3-5-10-18/h6-8,11H,2-5,9-10H2,1H3. The molecular weight excluding hydrogens is 254 g/mol. The number of benzene rings is 1. The van der Waals surface area contributed by atoms with Crippen molar-refractivity contribution < 1.29 is 9.26 Å². The van der Waals surface area contributed by atoms with Crippen LogP contribution in [0.25, 0.3) is 11.4 Å². The number of rotatable bonds is 3. The molecule has 0 bridgehead atoms. The average molecular weight is 273 g/mol. The molecule has 1 aromatic carbocycles. The van der Waals surface area contributed by atoms with E-state index in [4.69, 9.17) is 9.26 Å². The number of hydrogen-bond donors (Lipinski definition) is 0. The summed E-state index contributed by atoms with van der Waals surface area (Å²) < 4.78 is 10.6. The number of aromatic nitrogens is 2. The smallest absolute Gasteiger partial charge is 0.324 e. The summed E-state index contributed by atoms with van der Waals surface area (Å²) in [5, 5.41) is 4.08. The third kappa shape index (κ3) is 2.76. The van der Waals surface area contributed by atoms with Crippen molar-refractivity contribution in [2.75, 3.05) is 25.1 Å². The van der Waals surface area contributed by atoms with Crippen LogP contribution in [0, 0.1) is 0 Å². The lowest BCUT2D eigenvalue weighted by Gasteiger charge is -2.15. The van der Waals surface area contributed by atoms with Crippen LogP contribution in [0.1, 0.15) is 25.7 Å². The molecular formula is C15H19N3O2. The number of ether oxygens (including phenoxy) is 1. The van der Waals surface area contributed by atoms with Gasteiger partial charge < -0.3 is 14.2 Å². The van der Waals surface area contributed by atoms with Gasteiger partial charge in [-0.05, 0) is 25.0 Å². The van der Waals surface area contributed by atoms with Crippen molar-refractivity contribution in [3.05, 3.63) is 24.3 Å². The second kappa shape index (κ2) is 5.94. The van der Waals surface area contributed by atoms with E-state index >= 15 is 0 Å². The van der Waals surface area contributed by atoms with Gasteiger partial charge in [0.05, 0.1) is 7.11 Å². The Hall–Kier alpha value is -2.04. The molecule has 2 aromatic rings. The number of anilines is 1. The molecule has 1 aliphatic heterocycles. The van der Waals surface area contributed by atoms with E-state index in [1.807, 2.05) is 24.3 Å². The van der Waals surface area contributed by atoms with Gasteiger partial charge in [-0.3, -0.25) is 0 Å². The Labute approximate surface area is 118 Å². The van der Waals surface area contributed by atoms with Gasteiger partial charge >= 0.3 is 6.01 Å². The third-order valence-corrected chi connectivity index (χ3v) is 3.62. The predicted octanol–water partition coefficient (Wildman–Crippen LogP) is 3.13. The lowest BCUT2D eigenvalue weighted by atomic mass is 10.2. The molecule has 106 valence electrons. The summed E-state index contributed by atoms with van der Waals surface area (Å²) >= 11 is 0. The number of nitrogens with zero attached hydrogens (tertiary/aromatic N) is 3. The number of hydrogen-bond acceptors (Lipinski definition) is 5. The summed E-state index contributed by atoms with van der Waals surface area (Å²) in [5.41, 5.74) is 0.911. The zero-order valence-corrected chi connectivity index (χ0v) is 11.7. The molecule has 3 rings (SSSR count). The number of methoxy groups -OCH3 is 1. The zero-order valence-electron chi connectivity index (χ0n) is 11.7. The maximum absolute atomic E-state index is 5.41. The van der Waals surface area contributed by atoms with Gasteiger partial charge in [0.2, 0.25) is 5.82 Å². The molecule has 0 spiro atoms. The molecule has 0 N–H and O–H groups in total. The van der Waals surface area contributed by atoms with Crippen LogP contribution in [0.4, 0.5) is 6.01 Å². The lowest BCUT2D eigenvalue weighted by Crippen LogP contribution is -2.24. The molecule has 1 saturated heterocycles. The summed E-state index contributed by atoms with van der Waals surface area (Å²) in [4.78, 5) is 6.70. The summed E-state index contributed by atoms with van der Waals surface area (Å²) in [6, 6.07) is 8.33. The Bertz CT molecular complexity index is 560. The van der Waals surface area contributed by atoms with Crippen molar-refractivity contribution in [2.24, 2.45) is 0 Å². The van der Waals surface area contributed by atoms with Gasteiger partial charge in [-0.25, -0.2) is 0 Å². The van der Waals surface area contributed by atoms with E-state index in [1.165, 1.54) is 25.7 Å². The molecule has 20 heavy (non-hydrogen) atoms. The summed E-state index contributed by atoms with van der Waals surface area (Å²) in [5.74, 6) is 1.41. The molecule has 0 unspecified atom stereocenters. The fourth-order valence-electron chi connectivity index (χ4n) is 2.49. The fraction of sp³-hybridized carbons (Fsp3) is 0.467. The summed E-state index contributed by atoms with van der Waals surface area (Å²) in [6.45, 7) is 2.00. The van der Waals surface area contributed by atoms with Gasteiger partial charge in [0.15, 0.2) is 0 Å². The first-order valence-corrected chi connectivity index (χ1v) is 7.10. The van der Waals surface area contributed by atoms with E-state index < -0.39 is 0 Å². The predicted molar refractivity (Wildman–Crippen MR) is 77.0 cm³/mol. The normalized spacial score (nSPS) is 15.9. The molecule has 1 aliphatic rings. The second-order valence-electron chi connectivity index (χ2n) is 5.03. The van der Waals surface area contributed by atoms with E-state index in [0.717, 1.165) is 24.4 Å². The highest BCUT2D eigenvalue weighted by molar-refractivity contribution is 5.58. The minimum absolute atomic E-state index is 0.614. The fourth-order valence-corrected chi connectivity index (χ4v) is 2.49. The van der Waals surface area contributed by atoms with E-state index in [9.17, 15) is 0 Å². The monoisotopic (exact) mass is 273 g/mol. The van der Waals surface area contributed by atoms with Crippen LogP contribution < -0.4 is 9.64 Å². The highest BCUT2D eigenvalue weighted by Gasteiger charge is 2.17. The maximum Gasteiger partial charge on any atom is 0.324 e. The van der Waals surface area contributed by atoms with Crippen molar-refractivity contribution in [1.29, 1.82) is 0 Å². The van der Waals surface area contributed by atoms with Crippen LogP contribution in [0.15, 0.2) is 28.8 Å². The molecule has 5 heteroatoms. The maximum atomic E-state index is 5.41. The van der Waals surface area contributed by atoms with Crippen LogP contribution in [0.5, 0.6) is 5.75 Å². The van der Waals surface area contributed by atoms with Gasteiger partial charge in [0.1, 0.15) is 5.75 Å². The highest BCUT2D eigenvalue weighted by Crippen LogP contribution is 2.24. The van der Waals surface area contributed by atoms with Crippen LogP contribution in [-0.2, 0) is 0 Å². The molecule has 2 heterocycles. The second-order valence-corrected chi connectivity index (χ2v) is 5.03. The Kier molecular flexibility index (Phi) is 3.85. The van der Waals surface area contributed by atoms with Crippen molar-refractivity contribution in [3.63, 3.8) is 0 Å². The van der Waals surface area contributed by atoms with Gasteiger partial charge in [-0.2, -0.15) is 4.98 Å². The summed E-state index contributed by atoms with van der Waals surface area (Å²) in [6.07, 6.45) is 4.95. The SMILES string of the molecule is COc1cccc(-c2noc(N3CCCCCC3)n2)c1. The minimum atomic E-state index is 0.614. The molecule has 1 aromatic heterocycles. The van der Waals surface area contributed by atoms with Crippen LogP contribution in [-0.4, -0.2) is 30.3 Å². The van der Waals surface area contributed by atoms with E-state index in [0.29, 0.717) is 11.8 Å². The molecule has 1 fully saturated rings. The first kappa shape index (κ1) is 13.0. The topological polar surface area (TPSA) is 51.4 Å². The lowest BCUT2D eigenvalue weighted by molar-refractivity contribution is 0.412.